The maximum absolute atomic E-state index is 6.24. The van der Waals surface area contributed by atoms with Gasteiger partial charge in [-0.1, -0.05) is 0 Å². The summed E-state index contributed by atoms with van der Waals surface area (Å²) in [5.41, 5.74) is 0.153. The van der Waals surface area contributed by atoms with E-state index in [0.717, 1.165) is 25.4 Å². The maximum Gasteiger partial charge on any atom is 0.0931 e. The topological polar surface area (TPSA) is 22.1 Å². The molecular formula is C12H16ClNOS. The van der Waals surface area contributed by atoms with E-state index in [9.17, 15) is 0 Å². The number of ether oxygens (including phenoxy) is 1. The molecule has 1 saturated carbocycles. The van der Waals surface area contributed by atoms with E-state index in [1.807, 2.05) is 11.6 Å². The van der Waals surface area contributed by atoms with Crippen LogP contribution in [-0.4, -0.2) is 23.6 Å². The minimum Gasteiger partial charge on any atom is -0.377 e. The lowest BCUT2D eigenvalue weighted by molar-refractivity contribution is 0.0403. The lowest BCUT2D eigenvalue weighted by Crippen LogP contribution is -2.36. The summed E-state index contributed by atoms with van der Waals surface area (Å²) in [7, 11) is 0. The summed E-state index contributed by atoms with van der Waals surface area (Å²) >= 11 is 7.98. The summed E-state index contributed by atoms with van der Waals surface area (Å²) in [5.74, 6) is 1.47. The quantitative estimate of drug-likeness (QED) is 0.774. The number of alkyl halides is 1. The van der Waals surface area contributed by atoms with Crippen LogP contribution in [0.1, 0.15) is 24.3 Å². The van der Waals surface area contributed by atoms with Gasteiger partial charge in [0.2, 0.25) is 0 Å². The van der Waals surface area contributed by atoms with Crippen LogP contribution in [0.25, 0.3) is 0 Å². The first kappa shape index (κ1) is 11.0. The van der Waals surface area contributed by atoms with Gasteiger partial charge in [-0.2, -0.15) is 0 Å². The van der Waals surface area contributed by atoms with Gasteiger partial charge in [0, 0.05) is 35.9 Å². The molecule has 1 aromatic rings. The number of thiazole rings is 1. The van der Waals surface area contributed by atoms with E-state index in [4.69, 9.17) is 16.3 Å². The molecule has 88 valence electrons. The lowest BCUT2D eigenvalue weighted by atomic mass is 9.78. The fraction of sp³-hybridized carbons (Fsp3) is 0.750. The highest BCUT2D eigenvalue weighted by molar-refractivity contribution is 7.09. The second-order valence-electron chi connectivity index (χ2n) is 4.98. The third kappa shape index (κ3) is 1.89. The van der Waals surface area contributed by atoms with Crippen molar-refractivity contribution in [2.75, 3.05) is 12.5 Å². The number of hydrogen-bond donors (Lipinski definition) is 0. The van der Waals surface area contributed by atoms with Gasteiger partial charge in [-0.25, -0.2) is 4.98 Å². The molecule has 16 heavy (non-hydrogen) atoms. The van der Waals surface area contributed by atoms with E-state index < -0.39 is 0 Å². The summed E-state index contributed by atoms with van der Waals surface area (Å²) in [6.07, 6.45) is 6.99. The SMILES string of the molecule is ClCC1(Cc2nccs2)CCOC1C1CC1. The molecule has 2 atom stereocenters. The highest BCUT2D eigenvalue weighted by atomic mass is 35.5. The van der Waals surface area contributed by atoms with Crippen LogP contribution >= 0.6 is 22.9 Å². The number of halogens is 1. The molecule has 1 aliphatic carbocycles. The zero-order valence-electron chi connectivity index (χ0n) is 9.19. The highest BCUT2D eigenvalue weighted by Gasteiger charge is 2.50. The van der Waals surface area contributed by atoms with Crippen molar-refractivity contribution in [3.05, 3.63) is 16.6 Å². The van der Waals surface area contributed by atoms with Crippen LogP contribution in [0.4, 0.5) is 0 Å². The van der Waals surface area contributed by atoms with Crippen molar-refractivity contribution in [2.24, 2.45) is 11.3 Å². The molecule has 2 aliphatic rings. The summed E-state index contributed by atoms with van der Waals surface area (Å²) in [4.78, 5) is 4.39. The standard InChI is InChI=1S/C12H16ClNOS/c13-8-12(7-10-14-4-6-16-10)3-5-15-11(12)9-1-2-9/h4,6,9,11H,1-3,5,7-8H2. The molecule has 0 amide bonds. The number of rotatable bonds is 4. The molecule has 4 heteroatoms. The Hall–Kier alpha value is -0.120. The highest BCUT2D eigenvalue weighted by Crippen LogP contribution is 2.50. The Balaban J connectivity index is 1.80. The molecule has 2 unspecified atom stereocenters. The minimum absolute atomic E-state index is 0.153. The van der Waals surface area contributed by atoms with Crippen LogP contribution in [0.2, 0.25) is 0 Å². The Bertz CT molecular complexity index is 352. The van der Waals surface area contributed by atoms with E-state index in [1.54, 1.807) is 11.3 Å². The first-order valence-electron chi connectivity index (χ1n) is 5.90. The Labute approximate surface area is 105 Å². The maximum atomic E-state index is 6.24. The summed E-state index contributed by atoms with van der Waals surface area (Å²) in [6, 6.07) is 0. The van der Waals surface area contributed by atoms with Gasteiger partial charge in [0.15, 0.2) is 0 Å². The average Bonchev–Trinajstić information content (AvgIpc) is 2.86. The number of hydrogen-bond acceptors (Lipinski definition) is 3. The van der Waals surface area contributed by atoms with E-state index in [-0.39, 0.29) is 5.41 Å². The van der Waals surface area contributed by atoms with Gasteiger partial charge in [-0.15, -0.1) is 22.9 Å². The van der Waals surface area contributed by atoms with Gasteiger partial charge in [0.05, 0.1) is 11.1 Å². The first-order chi connectivity index (χ1) is 7.84. The van der Waals surface area contributed by atoms with E-state index in [1.165, 1.54) is 17.8 Å². The molecule has 1 saturated heterocycles. The number of nitrogens with zero attached hydrogens (tertiary/aromatic N) is 1. The van der Waals surface area contributed by atoms with Crippen LogP contribution in [0.3, 0.4) is 0 Å². The second-order valence-corrected chi connectivity index (χ2v) is 6.22. The average molecular weight is 258 g/mol. The van der Waals surface area contributed by atoms with Crippen molar-refractivity contribution in [3.8, 4) is 0 Å². The first-order valence-corrected chi connectivity index (χ1v) is 7.31. The van der Waals surface area contributed by atoms with Crippen LogP contribution in [0.5, 0.6) is 0 Å². The van der Waals surface area contributed by atoms with Crippen molar-refractivity contribution in [1.29, 1.82) is 0 Å². The van der Waals surface area contributed by atoms with Gasteiger partial charge in [-0.05, 0) is 25.2 Å². The Morgan fingerprint density at radius 2 is 2.44 bits per heavy atom. The van der Waals surface area contributed by atoms with Crippen LogP contribution < -0.4 is 0 Å². The zero-order chi connectivity index (χ0) is 11.0. The molecular weight excluding hydrogens is 242 g/mol. The van der Waals surface area contributed by atoms with E-state index in [2.05, 4.69) is 4.98 Å². The molecule has 0 bridgehead atoms. The van der Waals surface area contributed by atoms with Gasteiger partial charge in [0.25, 0.3) is 0 Å². The van der Waals surface area contributed by atoms with Gasteiger partial charge < -0.3 is 4.74 Å². The second kappa shape index (κ2) is 4.28. The predicted molar refractivity (Wildman–Crippen MR) is 66.1 cm³/mol. The lowest BCUT2D eigenvalue weighted by Gasteiger charge is -2.31. The number of aromatic nitrogens is 1. The fourth-order valence-electron chi connectivity index (χ4n) is 2.76. The Kier molecular flexibility index (Phi) is 2.94. The molecule has 0 N–H and O–H groups in total. The monoisotopic (exact) mass is 257 g/mol. The molecule has 0 radical (unpaired) electrons. The van der Waals surface area contributed by atoms with Crippen LogP contribution in [-0.2, 0) is 11.2 Å². The fourth-order valence-corrected chi connectivity index (χ4v) is 3.92. The Morgan fingerprint density at radius 1 is 1.56 bits per heavy atom. The van der Waals surface area contributed by atoms with Gasteiger partial charge >= 0.3 is 0 Å². The molecule has 2 heterocycles. The molecule has 2 fully saturated rings. The van der Waals surface area contributed by atoms with Crippen molar-refractivity contribution in [1.82, 2.24) is 4.98 Å². The van der Waals surface area contributed by atoms with E-state index in [0.29, 0.717) is 12.0 Å². The minimum atomic E-state index is 0.153. The molecule has 0 spiro atoms. The van der Waals surface area contributed by atoms with Crippen molar-refractivity contribution >= 4 is 22.9 Å². The largest absolute Gasteiger partial charge is 0.377 e. The third-order valence-corrected chi connectivity index (χ3v) is 5.12. The predicted octanol–water partition coefficient (Wildman–Crippen LogP) is 3.11. The van der Waals surface area contributed by atoms with Crippen LogP contribution in [0.15, 0.2) is 11.6 Å². The zero-order valence-corrected chi connectivity index (χ0v) is 10.8. The van der Waals surface area contributed by atoms with Crippen molar-refractivity contribution < 1.29 is 4.74 Å². The molecule has 1 aliphatic heterocycles. The summed E-state index contributed by atoms with van der Waals surface area (Å²) in [6.45, 7) is 0.874. The van der Waals surface area contributed by atoms with Crippen molar-refractivity contribution in [2.45, 2.75) is 31.8 Å². The smallest absolute Gasteiger partial charge is 0.0931 e. The van der Waals surface area contributed by atoms with E-state index >= 15 is 0 Å². The third-order valence-electron chi connectivity index (χ3n) is 3.80. The summed E-state index contributed by atoms with van der Waals surface area (Å²) < 4.78 is 5.92. The van der Waals surface area contributed by atoms with Crippen molar-refractivity contribution in [3.63, 3.8) is 0 Å². The van der Waals surface area contributed by atoms with Gasteiger partial charge in [0.1, 0.15) is 0 Å². The normalized spacial score (nSPS) is 34.4. The summed E-state index contributed by atoms with van der Waals surface area (Å²) in [5, 5.41) is 3.25. The van der Waals surface area contributed by atoms with Gasteiger partial charge in [-0.3, -0.25) is 0 Å². The molecule has 1 aromatic heterocycles. The molecule has 2 nitrogen and oxygen atoms in total. The molecule has 0 aromatic carbocycles. The van der Waals surface area contributed by atoms with Crippen LogP contribution in [0, 0.1) is 11.3 Å². The molecule has 3 rings (SSSR count). The Morgan fingerprint density at radius 3 is 3.06 bits per heavy atom.